The lowest BCUT2D eigenvalue weighted by atomic mass is 9.71. The highest BCUT2D eigenvalue weighted by atomic mass is 16.3. The van der Waals surface area contributed by atoms with E-state index in [0.29, 0.717) is 37.2 Å². The quantitative estimate of drug-likeness (QED) is 0.214. The van der Waals surface area contributed by atoms with Crippen LogP contribution in [0.2, 0.25) is 0 Å². The Bertz CT molecular complexity index is 2070. The van der Waals surface area contributed by atoms with Crippen molar-refractivity contribution in [2.24, 2.45) is 11.3 Å². The van der Waals surface area contributed by atoms with E-state index in [4.69, 9.17) is 0 Å². The van der Waals surface area contributed by atoms with Crippen molar-refractivity contribution in [3.63, 3.8) is 0 Å². The summed E-state index contributed by atoms with van der Waals surface area (Å²) in [5.41, 5.74) is 11.4. The minimum atomic E-state index is -0.731. The van der Waals surface area contributed by atoms with E-state index in [-0.39, 0.29) is 33.3 Å². The number of aliphatic hydroxyl groups is 1. The molecule has 4 N–H and O–H groups in total. The molecule has 0 aliphatic heterocycles. The van der Waals surface area contributed by atoms with Gasteiger partial charge in [0.05, 0.1) is 6.10 Å². The second-order valence-electron chi connectivity index (χ2n) is 20.7. The molecule has 0 saturated heterocycles. The van der Waals surface area contributed by atoms with Gasteiger partial charge in [-0.3, -0.25) is 0 Å². The molecule has 0 aromatic heterocycles. The smallest absolute Gasteiger partial charge is 0.122 e. The highest BCUT2D eigenvalue weighted by Gasteiger charge is 2.39. The molecule has 0 spiro atoms. The number of benzene rings is 3. The van der Waals surface area contributed by atoms with Crippen LogP contribution in [0.15, 0.2) is 59.7 Å². The SMILES string of the molecule is CC1(C2=C[C@H]3Cc4cc(C5(C)CCCC5)cc(c4O)Cc4cc(C5(C)CCCC5)cc(c4O)Cc4cc(C5(C)CCCC5)cc(c4O)CC(=C2)[C@@H]3O)CCCC1. The molecule has 2 atom stereocenters. The highest BCUT2D eigenvalue weighted by molar-refractivity contribution is 5.57. The maximum absolute atomic E-state index is 12.4. The summed E-state index contributed by atoms with van der Waals surface area (Å²) in [6, 6.07) is 13.4. The number of aromatic hydroxyl groups is 3. The number of hydrogen-bond acceptors (Lipinski definition) is 4. The molecule has 6 aliphatic carbocycles. The van der Waals surface area contributed by atoms with Gasteiger partial charge >= 0.3 is 0 Å². The normalized spacial score (nSPS) is 26.2. The van der Waals surface area contributed by atoms with E-state index < -0.39 is 6.10 Å². The van der Waals surface area contributed by atoms with E-state index in [1.807, 2.05) is 0 Å². The van der Waals surface area contributed by atoms with Crippen LogP contribution in [0.3, 0.4) is 0 Å². The van der Waals surface area contributed by atoms with Crippen LogP contribution >= 0.6 is 0 Å². The van der Waals surface area contributed by atoms with Gasteiger partial charge in [0.1, 0.15) is 17.2 Å². The predicted molar refractivity (Wildman–Crippen MR) is 227 cm³/mol. The second kappa shape index (κ2) is 14.1. The first kappa shape index (κ1) is 38.0. The Morgan fingerprint density at radius 2 is 0.768 bits per heavy atom. The molecule has 3 aromatic rings. The van der Waals surface area contributed by atoms with Crippen molar-refractivity contribution in [2.75, 3.05) is 0 Å². The summed E-state index contributed by atoms with van der Waals surface area (Å²) in [6.07, 6.45) is 24.5. The Balaban J connectivity index is 1.27. The number of hydrogen-bond donors (Lipinski definition) is 4. The van der Waals surface area contributed by atoms with E-state index in [1.165, 1.54) is 73.6 Å². The molecule has 0 amide bonds. The molecule has 4 saturated carbocycles. The summed E-state index contributed by atoms with van der Waals surface area (Å²) in [4.78, 5) is 0. The second-order valence-corrected chi connectivity index (χ2v) is 20.7. The third-order valence-corrected chi connectivity index (χ3v) is 16.6. The minimum Gasteiger partial charge on any atom is -0.507 e. The van der Waals surface area contributed by atoms with Crippen LogP contribution < -0.4 is 0 Å². The zero-order chi connectivity index (χ0) is 39.0. The number of rotatable bonds is 4. The van der Waals surface area contributed by atoms with Crippen LogP contribution in [0.25, 0.3) is 0 Å². The lowest BCUT2D eigenvalue weighted by Gasteiger charge is -2.35. The molecule has 4 fully saturated rings. The van der Waals surface area contributed by atoms with E-state index in [1.54, 1.807) is 0 Å². The van der Waals surface area contributed by atoms with Crippen molar-refractivity contribution in [3.8, 4) is 17.2 Å². The Morgan fingerprint density at radius 1 is 0.446 bits per heavy atom. The first-order valence-corrected chi connectivity index (χ1v) is 22.4. The van der Waals surface area contributed by atoms with Gasteiger partial charge in [0.2, 0.25) is 0 Å². The van der Waals surface area contributed by atoms with Crippen LogP contribution in [0, 0.1) is 11.3 Å². The van der Waals surface area contributed by atoms with Crippen molar-refractivity contribution in [3.05, 3.63) is 110 Å². The standard InChI is InChI=1S/C52H66O4/c1-49(13-5-6-14-49)41-25-33-21-35-27-42(50(2)15-7-8-16-50)29-37(46(35)54)23-39-31-44(52(4)19-11-12-20-52)32-40(48(39)56)24-38-30-43(51(3)17-9-10-18-51)28-36(47(38)55)22-34(26-41)45(33)53/h25-33,45,53-56H,5-24H2,1-4H3/t33-,45-/m1/s1. The molecule has 0 heterocycles. The van der Waals surface area contributed by atoms with Gasteiger partial charge in [-0.1, -0.05) is 128 Å². The van der Waals surface area contributed by atoms with Crippen molar-refractivity contribution in [1.82, 2.24) is 0 Å². The Labute approximate surface area is 336 Å². The summed E-state index contributed by atoms with van der Waals surface area (Å²) in [5, 5.41) is 49.4. The van der Waals surface area contributed by atoms with Gasteiger partial charge in [-0.2, -0.15) is 0 Å². The third kappa shape index (κ3) is 6.64. The summed E-state index contributed by atoms with van der Waals surface area (Å²) in [5.74, 6) is 0.685. The number of fused-ring (bicyclic) bond motifs is 8. The van der Waals surface area contributed by atoms with E-state index in [2.05, 4.69) is 76.2 Å². The Hall–Kier alpha value is -3.50. The topological polar surface area (TPSA) is 80.9 Å². The van der Waals surface area contributed by atoms with Crippen molar-refractivity contribution in [1.29, 1.82) is 0 Å². The van der Waals surface area contributed by atoms with Crippen molar-refractivity contribution < 1.29 is 20.4 Å². The third-order valence-electron chi connectivity index (χ3n) is 16.6. The minimum absolute atomic E-state index is 0.0246. The summed E-state index contributed by atoms with van der Waals surface area (Å²) in [6.45, 7) is 9.55. The van der Waals surface area contributed by atoms with Gasteiger partial charge in [0.25, 0.3) is 0 Å². The average Bonchev–Trinajstić information content (AvgIpc) is 4.01. The van der Waals surface area contributed by atoms with E-state index >= 15 is 0 Å². The van der Waals surface area contributed by atoms with Gasteiger partial charge in [-0.25, -0.2) is 0 Å². The number of phenols is 3. The highest BCUT2D eigenvalue weighted by Crippen LogP contribution is 2.51. The Kier molecular flexibility index (Phi) is 9.58. The lowest BCUT2D eigenvalue weighted by Crippen LogP contribution is -2.30. The monoisotopic (exact) mass is 754 g/mol. The largest absolute Gasteiger partial charge is 0.507 e. The van der Waals surface area contributed by atoms with Crippen molar-refractivity contribution >= 4 is 0 Å². The maximum Gasteiger partial charge on any atom is 0.122 e. The lowest BCUT2D eigenvalue weighted by molar-refractivity contribution is 0.157. The van der Waals surface area contributed by atoms with Gasteiger partial charge in [0, 0.05) is 18.8 Å². The fourth-order valence-electron chi connectivity index (χ4n) is 12.4. The van der Waals surface area contributed by atoms with Crippen LogP contribution in [-0.4, -0.2) is 26.5 Å². The fraction of sp³-hybridized carbons (Fsp3) is 0.577. The zero-order valence-corrected chi connectivity index (χ0v) is 34.7. The molecule has 3 aromatic carbocycles. The Morgan fingerprint density at radius 3 is 1.16 bits per heavy atom. The van der Waals surface area contributed by atoms with Crippen LogP contribution in [0.1, 0.15) is 180 Å². The van der Waals surface area contributed by atoms with E-state index in [0.717, 1.165) is 90.3 Å². The van der Waals surface area contributed by atoms with E-state index in [9.17, 15) is 20.4 Å². The van der Waals surface area contributed by atoms with Crippen LogP contribution in [0.5, 0.6) is 17.2 Å². The molecule has 298 valence electrons. The summed E-state index contributed by atoms with van der Waals surface area (Å²) >= 11 is 0. The van der Waals surface area contributed by atoms with Gasteiger partial charge in [-0.15, -0.1) is 0 Å². The molecule has 4 nitrogen and oxygen atoms in total. The molecule has 0 unspecified atom stereocenters. The van der Waals surface area contributed by atoms with Gasteiger partial charge < -0.3 is 20.4 Å². The zero-order valence-electron chi connectivity index (χ0n) is 34.7. The maximum atomic E-state index is 12.4. The van der Waals surface area contributed by atoms with Crippen LogP contribution in [-0.2, 0) is 41.9 Å². The molecular weight excluding hydrogens is 689 g/mol. The molecule has 56 heavy (non-hydrogen) atoms. The molecular formula is C52H66O4. The van der Waals surface area contributed by atoms with Crippen molar-refractivity contribution in [2.45, 2.75) is 178 Å². The number of phenolic OH excluding ortho intramolecular Hbond substituents is 3. The van der Waals surface area contributed by atoms with Gasteiger partial charge in [0.15, 0.2) is 0 Å². The first-order valence-electron chi connectivity index (χ1n) is 22.4. The first-order chi connectivity index (χ1) is 26.8. The molecule has 9 rings (SSSR count). The predicted octanol–water partition coefficient (Wildman–Crippen LogP) is 12.0. The summed E-state index contributed by atoms with van der Waals surface area (Å²) < 4.78 is 0. The van der Waals surface area contributed by atoms with Gasteiger partial charge in [-0.05, 0) is 147 Å². The number of allylic oxidation sites excluding steroid dienone is 2. The molecule has 0 radical (unpaired) electrons. The van der Waals surface area contributed by atoms with Crippen LogP contribution in [0.4, 0.5) is 0 Å². The molecule has 8 bridgehead atoms. The molecule has 6 aliphatic rings. The number of aliphatic hydroxyl groups excluding tert-OH is 1. The summed E-state index contributed by atoms with van der Waals surface area (Å²) in [7, 11) is 0. The average molecular weight is 755 g/mol. The fourth-order valence-corrected chi connectivity index (χ4v) is 12.4. The molecule has 4 heteroatoms.